The Morgan fingerprint density at radius 1 is 1.17 bits per heavy atom. The maximum absolute atomic E-state index is 5.68. The van der Waals surface area contributed by atoms with E-state index in [0.717, 1.165) is 36.8 Å². The molecule has 0 aliphatic carbocycles. The molecule has 0 spiro atoms. The van der Waals surface area contributed by atoms with Crippen molar-refractivity contribution in [3.8, 4) is 0 Å². The maximum Gasteiger partial charge on any atom is 0.117 e. The van der Waals surface area contributed by atoms with Crippen molar-refractivity contribution in [1.82, 2.24) is 10.3 Å². The number of nitrogens with zero attached hydrogens (tertiary/aromatic N) is 1. The molecule has 4 heteroatoms. The fourth-order valence-corrected chi connectivity index (χ4v) is 2.17. The third-order valence-corrected chi connectivity index (χ3v) is 3.22. The average molecular weight is 262 g/mol. The molecule has 0 aliphatic rings. The van der Waals surface area contributed by atoms with Crippen LogP contribution in [-0.2, 0) is 18.7 Å². The summed E-state index contributed by atoms with van der Waals surface area (Å²) in [6.07, 6.45) is 6.75. The minimum Gasteiger partial charge on any atom is -0.464 e. The lowest BCUT2D eigenvalue weighted by atomic mass is 10.2. The Balaban J connectivity index is 1.68. The lowest BCUT2D eigenvalue weighted by Gasteiger charge is -2.02. The third kappa shape index (κ3) is 4.20. The first-order valence-corrected chi connectivity index (χ1v) is 7.44. The molecule has 0 unspecified atom stereocenters. The number of furan rings is 1. The van der Waals surface area contributed by atoms with Crippen molar-refractivity contribution in [2.75, 3.05) is 12.8 Å². The van der Waals surface area contributed by atoms with Crippen molar-refractivity contribution >= 4 is 11.8 Å². The standard InChI is InChI=1S/C14H18N2OS/c1-18-11-14-3-2-13(17-14)10-16-9-6-12-4-7-15-8-5-12/h2-5,7-8,16H,6,9-11H2,1H3. The number of hydrogen-bond acceptors (Lipinski definition) is 4. The molecule has 2 rings (SSSR count). The van der Waals surface area contributed by atoms with Gasteiger partial charge in [-0.25, -0.2) is 0 Å². The van der Waals surface area contributed by atoms with Gasteiger partial charge in [0.15, 0.2) is 0 Å². The van der Waals surface area contributed by atoms with Crippen LogP contribution in [0.5, 0.6) is 0 Å². The largest absolute Gasteiger partial charge is 0.464 e. The van der Waals surface area contributed by atoms with Gasteiger partial charge >= 0.3 is 0 Å². The van der Waals surface area contributed by atoms with Crippen LogP contribution in [0.15, 0.2) is 41.1 Å². The Morgan fingerprint density at radius 2 is 1.94 bits per heavy atom. The minimum atomic E-state index is 0.791. The normalized spacial score (nSPS) is 10.7. The lowest BCUT2D eigenvalue weighted by molar-refractivity contribution is 0.460. The van der Waals surface area contributed by atoms with E-state index in [1.807, 2.05) is 30.6 Å². The van der Waals surface area contributed by atoms with Gasteiger partial charge in [-0.3, -0.25) is 4.98 Å². The highest BCUT2D eigenvalue weighted by atomic mass is 32.2. The maximum atomic E-state index is 5.68. The fraction of sp³-hybridized carbons (Fsp3) is 0.357. The number of pyridine rings is 1. The van der Waals surface area contributed by atoms with Crippen molar-refractivity contribution in [2.45, 2.75) is 18.7 Å². The molecule has 3 nitrogen and oxygen atoms in total. The number of nitrogens with one attached hydrogen (secondary N) is 1. The van der Waals surface area contributed by atoms with E-state index in [-0.39, 0.29) is 0 Å². The molecule has 2 aromatic heterocycles. The number of thioether (sulfide) groups is 1. The van der Waals surface area contributed by atoms with Crippen LogP contribution < -0.4 is 5.32 Å². The van der Waals surface area contributed by atoms with E-state index in [0.29, 0.717) is 0 Å². The van der Waals surface area contributed by atoms with Crippen molar-refractivity contribution in [2.24, 2.45) is 0 Å². The zero-order valence-electron chi connectivity index (χ0n) is 10.6. The zero-order chi connectivity index (χ0) is 12.6. The molecule has 0 bridgehead atoms. The first-order valence-electron chi connectivity index (χ1n) is 6.04. The Kier molecular flexibility index (Phi) is 5.30. The summed E-state index contributed by atoms with van der Waals surface area (Å²) in [5.74, 6) is 3.00. The van der Waals surface area contributed by atoms with E-state index in [1.54, 1.807) is 11.8 Å². The van der Waals surface area contributed by atoms with E-state index in [4.69, 9.17) is 4.42 Å². The molecule has 2 aromatic rings. The van der Waals surface area contributed by atoms with Gasteiger partial charge < -0.3 is 9.73 Å². The second-order valence-electron chi connectivity index (χ2n) is 4.08. The van der Waals surface area contributed by atoms with Gasteiger partial charge in [0.2, 0.25) is 0 Å². The fourth-order valence-electron chi connectivity index (χ4n) is 1.73. The predicted molar refractivity (Wildman–Crippen MR) is 75.6 cm³/mol. The topological polar surface area (TPSA) is 38.1 Å². The predicted octanol–water partition coefficient (Wildman–Crippen LogP) is 2.87. The quantitative estimate of drug-likeness (QED) is 0.779. The van der Waals surface area contributed by atoms with E-state index < -0.39 is 0 Å². The van der Waals surface area contributed by atoms with Crippen molar-refractivity contribution < 1.29 is 4.42 Å². The van der Waals surface area contributed by atoms with E-state index in [9.17, 15) is 0 Å². The molecule has 0 radical (unpaired) electrons. The number of hydrogen-bond donors (Lipinski definition) is 1. The van der Waals surface area contributed by atoms with Gasteiger partial charge in [-0.15, -0.1) is 0 Å². The van der Waals surface area contributed by atoms with Crippen LogP contribution in [0.4, 0.5) is 0 Å². The van der Waals surface area contributed by atoms with Crippen molar-refractivity contribution in [3.63, 3.8) is 0 Å². The van der Waals surface area contributed by atoms with Gasteiger partial charge in [0, 0.05) is 12.4 Å². The summed E-state index contributed by atoms with van der Waals surface area (Å²) in [7, 11) is 0. The van der Waals surface area contributed by atoms with E-state index >= 15 is 0 Å². The van der Waals surface area contributed by atoms with Crippen LogP contribution >= 0.6 is 11.8 Å². The van der Waals surface area contributed by atoms with Crippen LogP contribution in [0.2, 0.25) is 0 Å². The third-order valence-electron chi connectivity index (χ3n) is 2.64. The molecule has 0 atom stereocenters. The van der Waals surface area contributed by atoms with E-state index in [1.165, 1.54) is 5.56 Å². The van der Waals surface area contributed by atoms with Gasteiger partial charge in [-0.1, -0.05) is 0 Å². The zero-order valence-corrected chi connectivity index (χ0v) is 11.4. The highest BCUT2D eigenvalue weighted by Gasteiger charge is 2.00. The molecule has 0 saturated heterocycles. The summed E-state index contributed by atoms with van der Waals surface area (Å²) < 4.78 is 5.68. The molecule has 0 aliphatic heterocycles. The molecular weight excluding hydrogens is 244 g/mol. The Hall–Kier alpha value is -1.26. The Morgan fingerprint density at radius 3 is 2.72 bits per heavy atom. The first-order chi connectivity index (χ1) is 8.88. The van der Waals surface area contributed by atoms with Crippen molar-refractivity contribution in [3.05, 3.63) is 53.7 Å². The van der Waals surface area contributed by atoms with Crippen LogP contribution in [0.3, 0.4) is 0 Å². The van der Waals surface area contributed by atoms with Crippen molar-refractivity contribution in [1.29, 1.82) is 0 Å². The molecule has 2 heterocycles. The summed E-state index contributed by atoms with van der Waals surface area (Å²) >= 11 is 1.77. The summed E-state index contributed by atoms with van der Waals surface area (Å²) in [5.41, 5.74) is 1.31. The lowest BCUT2D eigenvalue weighted by Crippen LogP contribution is -2.16. The average Bonchev–Trinajstić information content (AvgIpc) is 2.84. The van der Waals surface area contributed by atoms with Crippen LogP contribution in [-0.4, -0.2) is 17.8 Å². The number of rotatable bonds is 7. The van der Waals surface area contributed by atoms with Crippen LogP contribution in [0.1, 0.15) is 17.1 Å². The SMILES string of the molecule is CSCc1ccc(CNCCc2ccncc2)o1. The summed E-state index contributed by atoms with van der Waals surface area (Å²) in [6.45, 7) is 1.74. The number of aromatic nitrogens is 1. The smallest absolute Gasteiger partial charge is 0.117 e. The highest BCUT2D eigenvalue weighted by Crippen LogP contribution is 2.13. The van der Waals surface area contributed by atoms with E-state index in [2.05, 4.69) is 22.6 Å². The van der Waals surface area contributed by atoms with Gasteiger partial charge in [0.05, 0.1) is 12.3 Å². The second-order valence-corrected chi connectivity index (χ2v) is 4.95. The Labute approximate surface area is 112 Å². The monoisotopic (exact) mass is 262 g/mol. The molecule has 0 fully saturated rings. The minimum absolute atomic E-state index is 0.791. The summed E-state index contributed by atoms with van der Waals surface area (Å²) in [5, 5.41) is 3.38. The van der Waals surface area contributed by atoms with Crippen LogP contribution in [0, 0.1) is 0 Å². The summed E-state index contributed by atoms with van der Waals surface area (Å²) in [6, 6.07) is 8.19. The molecule has 0 amide bonds. The van der Waals surface area contributed by atoms with Gasteiger partial charge in [-0.05, 0) is 49.1 Å². The highest BCUT2D eigenvalue weighted by molar-refractivity contribution is 7.97. The summed E-state index contributed by atoms with van der Waals surface area (Å²) in [4.78, 5) is 4.00. The molecule has 18 heavy (non-hydrogen) atoms. The van der Waals surface area contributed by atoms with Crippen LogP contribution in [0.25, 0.3) is 0 Å². The molecular formula is C14H18N2OS. The van der Waals surface area contributed by atoms with Gasteiger partial charge in [0.25, 0.3) is 0 Å². The van der Waals surface area contributed by atoms with Gasteiger partial charge in [0.1, 0.15) is 11.5 Å². The van der Waals surface area contributed by atoms with Gasteiger partial charge in [-0.2, -0.15) is 11.8 Å². The Bertz CT molecular complexity index is 456. The molecule has 1 N–H and O–H groups in total. The second kappa shape index (κ2) is 7.24. The molecule has 96 valence electrons. The first kappa shape index (κ1) is 13.2. The molecule has 0 saturated carbocycles. The molecule has 0 aromatic carbocycles.